The Morgan fingerprint density at radius 1 is 1.07 bits per heavy atom. The minimum atomic E-state index is -0.617. The van der Waals surface area contributed by atoms with Gasteiger partial charge in [0.05, 0.1) is 29.4 Å². The molecular weight excluding hydrogens is 398 g/mol. The zero-order valence-corrected chi connectivity index (χ0v) is 17.5. The summed E-state index contributed by atoms with van der Waals surface area (Å²) in [6.45, 7) is 3.96. The summed E-state index contributed by atoms with van der Waals surface area (Å²) in [5.74, 6) is -0.617. The lowest BCUT2D eigenvalue weighted by molar-refractivity contribution is 0.0603. The molecule has 0 saturated carbocycles. The van der Waals surface area contributed by atoms with E-state index in [2.05, 4.69) is 4.98 Å². The van der Waals surface area contributed by atoms with Gasteiger partial charge in [0, 0.05) is 5.56 Å². The molecule has 0 aliphatic rings. The molecule has 2 aromatic heterocycles. The van der Waals surface area contributed by atoms with Crippen LogP contribution in [0.25, 0.3) is 28.0 Å². The Hall–Kier alpha value is -3.58. The monoisotopic (exact) mass is 417 g/mol. The highest BCUT2D eigenvalue weighted by atomic mass is 32.1. The fourth-order valence-corrected chi connectivity index (χ4v) is 3.66. The number of aryl methyl sites for hydroxylation is 2. The second kappa shape index (κ2) is 7.68. The third kappa shape index (κ3) is 3.44. The SMILES string of the molecule is COC(=O)c1cc(-c2ccc(C)cc2)nc2c1c(=O)[nH]c(=S)n2-c1cccc(C)c1. The molecule has 0 spiro atoms. The molecule has 0 amide bonds. The first-order valence-electron chi connectivity index (χ1n) is 9.31. The maximum atomic E-state index is 12.8. The van der Waals surface area contributed by atoms with E-state index in [4.69, 9.17) is 21.9 Å². The number of aromatic nitrogens is 3. The van der Waals surface area contributed by atoms with Crippen LogP contribution in [0, 0.1) is 18.6 Å². The number of benzene rings is 2. The van der Waals surface area contributed by atoms with Crippen molar-refractivity contribution in [1.29, 1.82) is 0 Å². The molecule has 0 aliphatic carbocycles. The van der Waals surface area contributed by atoms with Crippen molar-refractivity contribution in [2.24, 2.45) is 0 Å². The average molecular weight is 417 g/mol. The van der Waals surface area contributed by atoms with Crippen molar-refractivity contribution in [2.75, 3.05) is 7.11 Å². The molecule has 0 unspecified atom stereocenters. The maximum absolute atomic E-state index is 12.8. The molecule has 0 radical (unpaired) electrons. The van der Waals surface area contributed by atoms with E-state index in [1.807, 2.05) is 62.4 Å². The van der Waals surface area contributed by atoms with Gasteiger partial charge in [0.15, 0.2) is 10.4 Å². The molecule has 4 aromatic rings. The topological polar surface area (TPSA) is 77.0 Å². The minimum absolute atomic E-state index is 0.132. The molecule has 4 rings (SSSR count). The Morgan fingerprint density at radius 3 is 2.47 bits per heavy atom. The molecule has 0 fully saturated rings. The number of carbonyl (C=O) groups excluding carboxylic acids is 1. The summed E-state index contributed by atoms with van der Waals surface area (Å²) in [5, 5.41) is 0.132. The maximum Gasteiger partial charge on any atom is 0.338 e. The van der Waals surface area contributed by atoms with Gasteiger partial charge in [-0.15, -0.1) is 0 Å². The molecule has 2 heterocycles. The summed E-state index contributed by atoms with van der Waals surface area (Å²) in [7, 11) is 1.28. The number of ether oxygens (including phenoxy) is 1. The number of H-pyrrole nitrogens is 1. The van der Waals surface area contributed by atoms with Crippen LogP contribution in [0.5, 0.6) is 0 Å². The van der Waals surface area contributed by atoms with E-state index in [1.165, 1.54) is 7.11 Å². The lowest BCUT2D eigenvalue weighted by Crippen LogP contribution is -2.19. The van der Waals surface area contributed by atoms with Crippen molar-refractivity contribution in [3.63, 3.8) is 0 Å². The number of carbonyl (C=O) groups is 1. The first-order valence-corrected chi connectivity index (χ1v) is 9.72. The molecule has 0 atom stereocenters. The highest BCUT2D eigenvalue weighted by molar-refractivity contribution is 7.71. The molecule has 150 valence electrons. The van der Waals surface area contributed by atoms with Crippen LogP contribution in [0.2, 0.25) is 0 Å². The van der Waals surface area contributed by atoms with Gasteiger partial charge in [-0.2, -0.15) is 0 Å². The summed E-state index contributed by atoms with van der Waals surface area (Å²) in [5.41, 5.74) is 4.18. The van der Waals surface area contributed by atoms with E-state index < -0.39 is 11.5 Å². The van der Waals surface area contributed by atoms with Crippen molar-refractivity contribution in [2.45, 2.75) is 13.8 Å². The average Bonchev–Trinajstić information content (AvgIpc) is 2.73. The van der Waals surface area contributed by atoms with Gasteiger partial charge < -0.3 is 4.74 Å². The molecule has 7 heteroatoms. The van der Waals surface area contributed by atoms with E-state index in [0.717, 1.165) is 22.4 Å². The second-order valence-corrected chi connectivity index (χ2v) is 7.43. The lowest BCUT2D eigenvalue weighted by Gasteiger charge is -2.14. The molecule has 0 aliphatic heterocycles. The minimum Gasteiger partial charge on any atom is -0.465 e. The number of aromatic amines is 1. The quantitative estimate of drug-likeness (QED) is 0.392. The first-order chi connectivity index (χ1) is 14.4. The number of hydrogen-bond acceptors (Lipinski definition) is 5. The highest BCUT2D eigenvalue weighted by Crippen LogP contribution is 2.26. The van der Waals surface area contributed by atoms with Gasteiger partial charge >= 0.3 is 5.97 Å². The fraction of sp³-hybridized carbons (Fsp3) is 0.130. The zero-order valence-electron chi connectivity index (χ0n) is 16.7. The van der Waals surface area contributed by atoms with Crippen LogP contribution in [-0.4, -0.2) is 27.6 Å². The van der Waals surface area contributed by atoms with Crippen LogP contribution in [0.15, 0.2) is 59.4 Å². The van der Waals surface area contributed by atoms with Crippen molar-refractivity contribution in [3.8, 4) is 16.9 Å². The summed E-state index contributed by atoms with van der Waals surface area (Å²) >= 11 is 5.46. The predicted molar refractivity (Wildman–Crippen MR) is 119 cm³/mol. The number of esters is 1. The first kappa shape index (κ1) is 19.7. The zero-order chi connectivity index (χ0) is 21.4. The van der Waals surface area contributed by atoms with Crippen LogP contribution in [0.1, 0.15) is 21.5 Å². The lowest BCUT2D eigenvalue weighted by atomic mass is 10.1. The predicted octanol–water partition coefficient (Wildman–Crippen LogP) is 4.51. The normalized spacial score (nSPS) is 10.9. The van der Waals surface area contributed by atoms with E-state index in [1.54, 1.807) is 10.6 Å². The second-order valence-electron chi connectivity index (χ2n) is 7.04. The van der Waals surface area contributed by atoms with E-state index in [9.17, 15) is 9.59 Å². The molecule has 30 heavy (non-hydrogen) atoms. The number of nitrogens with zero attached hydrogens (tertiary/aromatic N) is 2. The Balaban J connectivity index is 2.16. The summed E-state index contributed by atoms with van der Waals surface area (Å²) in [6, 6.07) is 17.0. The van der Waals surface area contributed by atoms with Gasteiger partial charge in [0.1, 0.15) is 0 Å². The third-order valence-corrected chi connectivity index (χ3v) is 5.16. The number of pyridine rings is 1. The Morgan fingerprint density at radius 2 is 1.80 bits per heavy atom. The van der Waals surface area contributed by atoms with Crippen molar-refractivity contribution in [3.05, 3.63) is 86.4 Å². The number of nitrogens with one attached hydrogen (secondary N) is 1. The van der Waals surface area contributed by atoms with Gasteiger partial charge in [0.25, 0.3) is 5.56 Å². The van der Waals surface area contributed by atoms with Gasteiger partial charge in [-0.25, -0.2) is 9.78 Å². The Labute approximate surface area is 177 Å². The number of fused-ring (bicyclic) bond motifs is 1. The molecule has 1 N–H and O–H groups in total. The molecular formula is C23H19N3O3S. The molecule has 0 bridgehead atoms. The van der Waals surface area contributed by atoms with Crippen molar-refractivity contribution < 1.29 is 9.53 Å². The summed E-state index contributed by atoms with van der Waals surface area (Å²) in [6.07, 6.45) is 0. The van der Waals surface area contributed by atoms with Crippen LogP contribution >= 0.6 is 12.2 Å². The van der Waals surface area contributed by atoms with E-state index in [0.29, 0.717) is 11.3 Å². The Kier molecular flexibility index (Phi) is 5.05. The van der Waals surface area contributed by atoms with E-state index >= 15 is 0 Å². The van der Waals surface area contributed by atoms with Crippen molar-refractivity contribution >= 4 is 29.2 Å². The van der Waals surface area contributed by atoms with Gasteiger partial charge in [0.2, 0.25) is 0 Å². The Bertz CT molecular complexity index is 1400. The molecule has 6 nitrogen and oxygen atoms in total. The van der Waals surface area contributed by atoms with Gasteiger partial charge in [-0.05, 0) is 49.8 Å². The van der Waals surface area contributed by atoms with Crippen LogP contribution in [-0.2, 0) is 4.74 Å². The number of hydrogen-bond donors (Lipinski definition) is 1. The molecule has 2 aromatic carbocycles. The van der Waals surface area contributed by atoms with E-state index in [-0.39, 0.29) is 15.7 Å². The van der Waals surface area contributed by atoms with Crippen LogP contribution in [0.3, 0.4) is 0 Å². The smallest absolute Gasteiger partial charge is 0.338 e. The molecule has 0 saturated heterocycles. The van der Waals surface area contributed by atoms with Crippen LogP contribution < -0.4 is 5.56 Å². The van der Waals surface area contributed by atoms with Crippen molar-refractivity contribution in [1.82, 2.24) is 14.5 Å². The fourth-order valence-electron chi connectivity index (χ4n) is 3.38. The van der Waals surface area contributed by atoms with Gasteiger partial charge in [-0.1, -0.05) is 42.0 Å². The highest BCUT2D eigenvalue weighted by Gasteiger charge is 2.20. The summed E-state index contributed by atoms with van der Waals surface area (Å²) in [4.78, 5) is 32.8. The summed E-state index contributed by atoms with van der Waals surface area (Å²) < 4.78 is 6.82. The largest absolute Gasteiger partial charge is 0.465 e. The van der Waals surface area contributed by atoms with Crippen LogP contribution in [0.4, 0.5) is 0 Å². The third-order valence-electron chi connectivity index (χ3n) is 4.88. The standard InChI is InChI=1S/C23H19N3O3S/c1-13-7-9-15(10-8-13)18-12-17(22(28)29-3)19-20(24-18)26(23(30)25-21(19)27)16-6-4-5-14(2)11-16/h4-12H,1-3H3,(H,25,27,30). The van der Waals surface area contributed by atoms with Gasteiger partial charge in [-0.3, -0.25) is 14.3 Å². The number of methoxy groups -OCH3 is 1. The number of rotatable bonds is 3.